The third-order valence-electron chi connectivity index (χ3n) is 5.85. The van der Waals surface area contributed by atoms with Gasteiger partial charge in [0.25, 0.3) is 0 Å². The lowest BCUT2D eigenvalue weighted by molar-refractivity contribution is 0.262. The van der Waals surface area contributed by atoms with Crippen molar-refractivity contribution in [2.45, 2.75) is 13.3 Å². The normalized spacial score (nSPS) is 11.3. The molecule has 0 bridgehead atoms. The Balaban J connectivity index is 1.86. The van der Waals surface area contributed by atoms with E-state index in [0.717, 1.165) is 18.5 Å². The smallest absolute Gasteiger partial charge is 0.323 e. The van der Waals surface area contributed by atoms with Crippen molar-refractivity contribution >= 4 is 23.1 Å². The molecular formula is C28H34N4O5. The Labute approximate surface area is 217 Å². The van der Waals surface area contributed by atoms with Crippen LogP contribution >= 0.6 is 0 Å². The van der Waals surface area contributed by atoms with Crippen LogP contribution in [0.5, 0.6) is 17.2 Å². The van der Waals surface area contributed by atoms with Gasteiger partial charge in [0.05, 0.1) is 27.0 Å². The molecule has 0 radical (unpaired) electrons. The van der Waals surface area contributed by atoms with Crippen molar-refractivity contribution in [2.24, 2.45) is 5.16 Å². The molecule has 0 saturated heterocycles. The molecule has 9 nitrogen and oxygen atoms in total. The van der Waals surface area contributed by atoms with Crippen molar-refractivity contribution in [1.82, 2.24) is 4.90 Å². The molecule has 3 aromatic rings. The van der Waals surface area contributed by atoms with Gasteiger partial charge in [-0.15, -0.1) is 0 Å². The van der Waals surface area contributed by atoms with Crippen LogP contribution in [-0.2, 0) is 6.42 Å². The summed E-state index contributed by atoms with van der Waals surface area (Å²) in [5, 5.41) is 18.2. The van der Waals surface area contributed by atoms with Gasteiger partial charge in [0.2, 0.25) is 0 Å². The number of carbonyl (C=O) groups excluding carboxylic acids is 1. The topological polar surface area (TPSA) is 105 Å². The molecule has 3 aromatic carbocycles. The van der Waals surface area contributed by atoms with Gasteiger partial charge in [0, 0.05) is 35.1 Å². The summed E-state index contributed by atoms with van der Waals surface area (Å²) in [6.07, 6.45) is 0.937. The number of anilines is 2. The number of hydrogen-bond donors (Lipinski definition) is 3. The molecule has 0 aliphatic carbocycles. The molecule has 3 rings (SSSR count). The van der Waals surface area contributed by atoms with E-state index in [2.05, 4.69) is 20.7 Å². The Morgan fingerprint density at radius 3 is 2.16 bits per heavy atom. The van der Waals surface area contributed by atoms with Crippen LogP contribution < -0.4 is 24.8 Å². The van der Waals surface area contributed by atoms with E-state index in [1.54, 1.807) is 39.3 Å². The lowest BCUT2D eigenvalue weighted by atomic mass is 9.99. The number of benzene rings is 3. The number of nitrogens with zero attached hydrogens (tertiary/aromatic N) is 2. The molecular weight excluding hydrogens is 472 g/mol. The number of nitrogens with one attached hydrogen (secondary N) is 2. The summed E-state index contributed by atoms with van der Waals surface area (Å²) in [7, 11) is 8.71. The van der Waals surface area contributed by atoms with E-state index in [1.807, 2.05) is 50.5 Å². The van der Waals surface area contributed by atoms with Crippen LogP contribution in [-0.4, -0.2) is 63.8 Å². The second-order valence-electron chi connectivity index (χ2n) is 8.69. The van der Waals surface area contributed by atoms with E-state index in [-0.39, 0.29) is 6.03 Å². The third kappa shape index (κ3) is 6.92. The number of ether oxygens (including phenoxy) is 3. The van der Waals surface area contributed by atoms with Crippen molar-refractivity contribution in [3.05, 3.63) is 65.7 Å². The summed E-state index contributed by atoms with van der Waals surface area (Å²) >= 11 is 0. The number of likely N-dealkylation sites (N-methyl/N-ethyl adjacent to an activating group) is 1. The zero-order valence-corrected chi connectivity index (χ0v) is 22.1. The van der Waals surface area contributed by atoms with Gasteiger partial charge < -0.3 is 35.0 Å². The molecule has 2 amide bonds. The number of carbonyl (C=O) groups is 1. The summed E-state index contributed by atoms with van der Waals surface area (Å²) in [6, 6.07) is 16.3. The molecule has 0 saturated carbocycles. The largest absolute Gasteiger partial charge is 0.496 e. The van der Waals surface area contributed by atoms with Gasteiger partial charge in [-0.05, 0) is 68.9 Å². The van der Waals surface area contributed by atoms with Crippen LogP contribution in [0.1, 0.15) is 18.1 Å². The lowest BCUT2D eigenvalue weighted by Crippen LogP contribution is -2.19. The van der Waals surface area contributed by atoms with Crippen molar-refractivity contribution in [1.29, 1.82) is 0 Å². The summed E-state index contributed by atoms with van der Waals surface area (Å²) in [5.41, 5.74) is 4.93. The van der Waals surface area contributed by atoms with Crippen LogP contribution in [0.3, 0.4) is 0 Å². The molecule has 3 N–H and O–H groups in total. The minimum absolute atomic E-state index is 0.387. The van der Waals surface area contributed by atoms with Crippen molar-refractivity contribution in [3.63, 3.8) is 0 Å². The highest BCUT2D eigenvalue weighted by molar-refractivity contribution is 6.02. The molecule has 0 unspecified atom stereocenters. The summed E-state index contributed by atoms with van der Waals surface area (Å²) < 4.78 is 16.7. The third-order valence-corrected chi connectivity index (χ3v) is 5.85. The number of hydrogen-bond acceptors (Lipinski definition) is 7. The molecule has 0 aliphatic heterocycles. The summed E-state index contributed by atoms with van der Waals surface area (Å²) in [4.78, 5) is 14.9. The van der Waals surface area contributed by atoms with E-state index in [4.69, 9.17) is 14.2 Å². The molecule has 196 valence electrons. The lowest BCUT2D eigenvalue weighted by Gasteiger charge is -2.17. The van der Waals surface area contributed by atoms with Crippen LogP contribution in [0.25, 0.3) is 11.1 Å². The highest BCUT2D eigenvalue weighted by Crippen LogP contribution is 2.42. The average molecular weight is 507 g/mol. The first-order valence-electron chi connectivity index (χ1n) is 11.7. The van der Waals surface area contributed by atoms with Gasteiger partial charge in [0.15, 0.2) is 11.5 Å². The molecule has 0 aromatic heterocycles. The molecule has 0 atom stereocenters. The Morgan fingerprint density at radius 1 is 0.892 bits per heavy atom. The monoisotopic (exact) mass is 506 g/mol. The van der Waals surface area contributed by atoms with Gasteiger partial charge >= 0.3 is 6.03 Å². The minimum Gasteiger partial charge on any atom is -0.496 e. The predicted octanol–water partition coefficient (Wildman–Crippen LogP) is 5.33. The standard InChI is InChI=1S/C28H34N4O5/c1-18(31-34)23-12-9-20(15-25(23)35-4)24-16-22(17-26(36-5)27(24)37-6)30-28(33)29-21-10-7-19(8-11-21)13-14-32(2)3/h7-12,15-17,34H,13-14H2,1-6H3,(H2,29,30,33). The zero-order chi connectivity index (χ0) is 26.9. The number of oxime groups is 1. The molecule has 9 heteroatoms. The molecule has 0 heterocycles. The SMILES string of the molecule is COc1cc(-c2cc(NC(=O)Nc3ccc(CCN(C)C)cc3)cc(OC)c2OC)ccc1C(C)=NO. The van der Waals surface area contributed by atoms with Crippen LogP contribution in [0.2, 0.25) is 0 Å². The fraction of sp³-hybridized carbons (Fsp3) is 0.286. The average Bonchev–Trinajstić information content (AvgIpc) is 2.91. The van der Waals surface area contributed by atoms with Gasteiger partial charge in [-0.3, -0.25) is 0 Å². The van der Waals surface area contributed by atoms with E-state index in [1.165, 1.54) is 12.7 Å². The van der Waals surface area contributed by atoms with E-state index in [9.17, 15) is 10.0 Å². The minimum atomic E-state index is -0.387. The fourth-order valence-electron chi connectivity index (χ4n) is 3.86. The van der Waals surface area contributed by atoms with Crippen molar-refractivity contribution in [3.8, 4) is 28.4 Å². The van der Waals surface area contributed by atoms with Gasteiger partial charge in [-0.2, -0.15) is 0 Å². The Bertz CT molecular complexity index is 1260. The summed E-state index contributed by atoms with van der Waals surface area (Å²) in [6.45, 7) is 2.64. The number of rotatable bonds is 10. The number of methoxy groups -OCH3 is 3. The highest BCUT2D eigenvalue weighted by atomic mass is 16.5. The first kappa shape index (κ1) is 27.3. The molecule has 0 spiro atoms. The van der Waals surface area contributed by atoms with E-state index < -0.39 is 0 Å². The van der Waals surface area contributed by atoms with Crippen LogP contribution in [0, 0.1) is 0 Å². The maximum absolute atomic E-state index is 12.8. The molecule has 37 heavy (non-hydrogen) atoms. The number of amides is 2. The van der Waals surface area contributed by atoms with Crippen molar-refractivity contribution in [2.75, 3.05) is 52.6 Å². The van der Waals surface area contributed by atoms with E-state index >= 15 is 0 Å². The molecule has 0 fully saturated rings. The van der Waals surface area contributed by atoms with Gasteiger partial charge in [-0.1, -0.05) is 23.4 Å². The maximum Gasteiger partial charge on any atom is 0.323 e. The first-order chi connectivity index (χ1) is 17.8. The Kier molecular flexibility index (Phi) is 9.34. The Morgan fingerprint density at radius 2 is 1.57 bits per heavy atom. The summed E-state index contributed by atoms with van der Waals surface area (Å²) in [5.74, 6) is 1.49. The first-order valence-corrected chi connectivity index (χ1v) is 11.7. The maximum atomic E-state index is 12.8. The fourth-order valence-corrected chi connectivity index (χ4v) is 3.86. The Hall–Kier alpha value is -4.24. The second kappa shape index (κ2) is 12.6. The van der Waals surface area contributed by atoms with Crippen molar-refractivity contribution < 1.29 is 24.2 Å². The molecule has 0 aliphatic rings. The van der Waals surface area contributed by atoms with Crippen LogP contribution in [0.15, 0.2) is 59.8 Å². The quantitative estimate of drug-likeness (QED) is 0.195. The number of urea groups is 1. The van der Waals surface area contributed by atoms with E-state index in [0.29, 0.717) is 45.5 Å². The second-order valence-corrected chi connectivity index (χ2v) is 8.69. The highest BCUT2D eigenvalue weighted by Gasteiger charge is 2.18. The van der Waals surface area contributed by atoms with Crippen LogP contribution in [0.4, 0.5) is 16.2 Å². The van der Waals surface area contributed by atoms with Gasteiger partial charge in [0.1, 0.15) is 5.75 Å². The zero-order valence-electron chi connectivity index (χ0n) is 22.1. The predicted molar refractivity (Wildman–Crippen MR) is 147 cm³/mol. The van der Waals surface area contributed by atoms with Gasteiger partial charge in [-0.25, -0.2) is 4.79 Å².